The minimum atomic E-state index is 0.135. The average molecular weight is 358 g/mol. The van der Waals surface area contributed by atoms with Crippen LogP contribution in [0.1, 0.15) is 23.8 Å². The number of ether oxygens (including phenoxy) is 1. The highest BCUT2D eigenvalue weighted by atomic mass is 79.9. The lowest BCUT2D eigenvalue weighted by Crippen LogP contribution is -2.36. The highest BCUT2D eigenvalue weighted by molar-refractivity contribution is 9.10. The molecule has 0 saturated carbocycles. The van der Waals surface area contributed by atoms with Gasteiger partial charge in [0.25, 0.3) is 5.91 Å². The lowest BCUT2D eigenvalue weighted by molar-refractivity contribution is 0.0748. The Balaban J connectivity index is 1.99. The molecule has 2 heterocycles. The van der Waals surface area contributed by atoms with Crippen LogP contribution in [0.2, 0.25) is 0 Å². The molecule has 1 aliphatic heterocycles. The zero-order valence-electron chi connectivity index (χ0n) is 12.8. The maximum Gasteiger partial charge on any atom is 0.270 e. The van der Waals surface area contributed by atoms with E-state index in [1.807, 2.05) is 21.7 Å². The summed E-state index contributed by atoms with van der Waals surface area (Å²) in [5.74, 6) is 0.135. The van der Waals surface area contributed by atoms with Crippen LogP contribution in [-0.2, 0) is 11.3 Å². The van der Waals surface area contributed by atoms with Gasteiger partial charge in [-0.25, -0.2) is 0 Å². The second kappa shape index (κ2) is 7.96. The zero-order valence-corrected chi connectivity index (χ0v) is 14.4. The topological polar surface area (TPSA) is 37.7 Å². The maximum atomic E-state index is 12.7. The Kier molecular flexibility index (Phi) is 6.26. The van der Waals surface area contributed by atoms with Gasteiger partial charge in [-0.2, -0.15) is 0 Å². The standard InChI is InChI=1S/C15H24BrN3O2/c1-3-18-12-13(16)11-14(18)15(20)19-6-4-5-17(7-8-19)9-10-21-2/h11-12H,3-10H2,1-2H3. The van der Waals surface area contributed by atoms with Gasteiger partial charge in [0.15, 0.2) is 0 Å². The number of halogens is 1. The number of methoxy groups -OCH3 is 1. The van der Waals surface area contributed by atoms with E-state index in [0.29, 0.717) is 0 Å². The molecule has 1 saturated heterocycles. The van der Waals surface area contributed by atoms with Gasteiger partial charge in [-0.15, -0.1) is 0 Å². The van der Waals surface area contributed by atoms with Crippen molar-refractivity contribution in [3.63, 3.8) is 0 Å². The second-order valence-electron chi connectivity index (χ2n) is 5.31. The molecule has 0 N–H and O–H groups in total. The molecule has 0 aliphatic carbocycles. The van der Waals surface area contributed by atoms with Gasteiger partial charge >= 0.3 is 0 Å². The zero-order chi connectivity index (χ0) is 15.2. The monoisotopic (exact) mass is 357 g/mol. The van der Waals surface area contributed by atoms with Crippen molar-refractivity contribution in [2.24, 2.45) is 0 Å². The molecule has 1 fully saturated rings. The van der Waals surface area contributed by atoms with Crippen LogP contribution in [0.15, 0.2) is 16.7 Å². The van der Waals surface area contributed by atoms with Gasteiger partial charge in [-0.3, -0.25) is 9.69 Å². The predicted molar refractivity (Wildman–Crippen MR) is 86.6 cm³/mol. The molecule has 21 heavy (non-hydrogen) atoms. The van der Waals surface area contributed by atoms with E-state index in [4.69, 9.17) is 4.74 Å². The van der Waals surface area contributed by atoms with Gasteiger partial charge in [0.2, 0.25) is 0 Å². The molecule has 1 aliphatic rings. The molecule has 1 amide bonds. The average Bonchev–Trinajstić information content (AvgIpc) is 2.71. The van der Waals surface area contributed by atoms with Crippen molar-refractivity contribution >= 4 is 21.8 Å². The van der Waals surface area contributed by atoms with E-state index >= 15 is 0 Å². The SMILES string of the molecule is CCn1cc(Br)cc1C(=O)N1CCCN(CCOC)CC1. The first-order chi connectivity index (χ1) is 10.2. The minimum absolute atomic E-state index is 0.135. The summed E-state index contributed by atoms with van der Waals surface area (Å²) in [6, 6.07) is 1.92. The number of carbonyl (C=O) groups excluding carboxylic acids is 1. The minimum Gasteiger partial charge on any atom is -0.383 e. The third-order valence-corrected chi connectivity index (χ3v) is 4.34. The Hall–Kier alpha value is -0.850. The summed E-state index contributed by atoms with van der Waals surface area (Å²) in [6.07, 6.45) is 2.99. The summed E-state index contributed by atoms with van der Waals surface area (Å²) in [5, 5.41) is 0. The molecule has 0 bridgehead atoms. The molecule has 6 heteroatoms. The number of carbonyl (C=O) groups is 1. The smallest absolute Gasteiger partial charge is 0.270 e. The van der Waals surface area contributed by atoms with Crippen LogP contribution in [0.3, 0.4) is 0 Å². The van der Waals surface area contributed by atoms with Gasteiger partial charge in [0.05, 0.1) is 6.61 Å². The molecule has 0 aromatic carbocycles. The molecule has 0 spiro atoms. The summed E-state index contributed by atoms with van der Waals surface area (Å²) in [5.41, 5.74) is 0.773. The van der Waals surface area contributed by atoms with E-state index in [9.17, 15) is 4.79 Å². The molecule has 0 radical (unpaired) electrons. The number of aryl methyl sites for hydroxylation is 1. The van der Waals surface area contributed by atoms with Crippen LogP contribution in [0.4, 0.5) is 0 Å². The maximum absolute atomic E-state index is 12.7. The third kappa shape index (κ3) is 4.31. The molecule has 1 aromatic rings. The molecule has 118 valence electrons. The molecule has 0 atom stereocenters. The Morgan fingerprint density at radius 1 is 1.33 bits per heavy atom. The van der Waals surface area contributed by atoms with Crippen molar-refractivity contribution in [1.82, 2.24) is 14.4 Å². The molecule has 0 unspecified atom stereocenters. The van der Waals surface area contributed by atoms with Crippen LogP contribution >= 0.6 is 15.9 Å². The molecule has 1 aromatic heterocycles. The van der Waals surface area contributed by atoms with Crippen LogP contribution in [0.25, 0.3) is 0 Å². The molecule has 2 rings (SSSR count). The Morgan fingerprint density at radius 2 is 2.14 bits per heavy atom. The van der Waals surface area contributed by atoms with E-state index in [1.54, 1.807) is 7.11 Å². The highest BCUT2D eigenvalue weighted by Gasteiger charge is 2.22. The number of nitrogens with zero attached hydrogens (tertiary/aromatic N) is 3. The predicted octanol–water partition coefficient (Wildman–Crippen LogP) is 2.06. The molecular formula is C15H24BrN3O2. The normalized spacial score (nSPS) is 17.0. The van der Waals surface area contributed by atoms with E-state index in [0.717, 1.165) is 62.5 Å². The van der Waals surface area contributed by atoms with Crippen LogP contribution in [-0.4, -0.2) is 66.7 Å². The fraction of sp³-hybridized carbons (Fsp3) is 0.667. The fourth-order valence-corrected chi connectivity index (χ4v) is 3.16. The fourth-order valence-electron chi connectivity index (χ4n) is 2.70. The summed E-state index contributed by atoms with van der Waals surface area (Å²) < 4.78 is 8.09. The van der Waals surface area contributed by atoms with Gasteiger partial charge in [0.1, 0.15) is 5.69 Å². The van der Waals surface area contributed by atoms with E-state index in [2.05, 4.69) is 27.8 Å². The Bertz CT molecular complexity index is 475. The first-order valence-corrected chi connectivity index (χ1v) is 8.31. The van der Waals surface area contributed by atoms with Crippen LogP contribution in [0, 0.1) is 0 Å². The number of hydrogen-bond donors (Lipinski definition) is 0. The molecular weight excluding hydrogens is 334 g/mol. The first kappa shape index (κ1) is 16.5. The van der Waals surface area contributed by atoms with Crippen molar-refractivity contribution in [1.29, 1.82) is 0 Å². The quantitative estimate of drug-likeness (QED) is 0.809. The summed E-state index contributed by atoms with van der Waals surface area (Å²) in [4.78, 5) is 17.0. The highest BCUT2D eigenvalue weighted by Crippen LogP contribution is 2.17. The van der Waals surface area contributed by atoms with E-state index in [1.165, 1.54) is 0 Å². The summed E-state index contributed by atoms with van der Waals surface area (Å²) >= 11 is 3.46. The largest absolute Gasteiger partial charge is 0.383 e. The summed E-state index contributed by atoms with van der Waals surface area (Å²) in [7, 11) is 1.73. The lowest BCUT2D eigenvalue weighted by atomic mass is 10.3. The van der Waals surface area contributed by atoms with Crippen LogP contribution < -0.4 is 0 Å². The number of hydrogen-bond acceptors (Lipinski definition) is 3. The van der Waals surface area contributed by atoms with Crippen LogP contribution in [0.5, 0.6) is 0 Å². The van der Waals surface area contributed by atoms with Crippen molar-refractivity contribution in [3.05, 3.63) is 22.4 Å². The molecule has 5 nitrogen and oxygen atoms in total. The number of amides is 1. The second-order valence-corrected chi connectivity index (χ2v) is 6.23. The summed E-state index contributed by atoms with van der Waals surface area (Å²) in [6.45, 7) is 8.12. The van der Waals surface area contributed by atoms with E-state index in [-0.39, 0.29) is 5.91 Å². The van der Waals surface area contributed by atoms with Crippen molar-refractivity contribution in [2.45, 2.75) is 19.9 Å². The van der Waals surface area contributed by atoms with Gasteiger partial charge in [0, 0.05) is 50.5 Å². The third-order valence-electron chi connectivity index (χ3n) is 3.91. The lowest BCUT2D eigenvalue weighted by Gasteiger charge is -2.22. The van der Waals surface area contributed by atoms with Crippen molar-refractivity contribution in [2.75, 3.05) is 46.4 Å². The van der Waals surface area contributed by atoms with Gasteiger partial charge < -0.3 is 14.2 Å². The van der Waals surface area contributed by atoms with Gasteiger partial charge in [-0.05, 0) is 41.9 Å². The van der Waals surface area contributed by atoms with E-state index < -0.39 is 0 Å². The van der Waals surface area contributed by atoms with Crippen molar-refractivity contribution < 1.29 is 9.53 Å². The number of rotatable bonds is 5. The Labute approximate surface area is 135 Å². The van der Waals surface area contributed by atoms with Crippen molar-refractivity contribution in [3.8, 4) is 0 Å². The Morgan fingerprint density at radius 3 is 2.86 bits per heavy atom. The van der Waals surface area contributed by atoms with Gasteiger partial charge in [-0.1, -0.05) is 0 Å². The number of aromatic nitrogens is 1. The first-order valence-electron chi connectivity index (χ1n) is 7.52.